The molecule has 31 heteroatoms. The van der Waals surface area contributed by atoms with Crippen molar-refractivity contribution in [1.29, 1.82) is 0 Å². The van der Waals surface area contributed by atoms with Gasteiger partial charge in [0.25, 0.3) is 0 Å². The first-order valence-electron chi connectivity index (χ1n) is 34.2. The second kappa shape index (κ2) is 28.6. The van der Waals surface area contributed by atoms with Crippen LogP contribution in [0.2, 0.25) is 0 Å². The molecule has 6 saturated heterocycles. The van der Waals surface area contributed by atoms with Crippen LogP contribution in [-0.4, -0.2) is 315 Å². The van der Waals surface area contributed by atoms with Gasteiger partial charge in [-0.2, -0.15) is 0 Å². The van der Waals surface area contributed by atoms with Crippen molar-refractivity contribution in [3.05, 3.63) is 12.2 Å². The second-order valence-corrected chi connectivity index (χ2v) is 30.8. The lowest BCUT2D eigenvalue weighted by atomic mass is 9.32. The number of allylic oxidation sites excluding steroid dienone is 1. The smallest absolute Gasteiger partial charge is 0.314 e. The molecule has 0 radical (unpaired) electrons. The van der Waals surface area contributed by atoms with Gasteiger partial charge in [-0.15, -0.1) is 0 Å². The Balaban J connectivity index is 0.776. The Labute approximate surface area is 556 Å². The molecule has 40 atom stereocenters. The Bertz CT molecular complexity index is 2670. The standard InChI is InChI=1S/C65H106O31/c1-24(2)27-11-16-65(60(84)96-58-50(82)45(77)40(72)31(91-58)21-85-54-51(83)46(78)52(30(20-67)90-54)94-55-47(79)42(74)37(69)25(3)87-55)18-17-63(7)28(36(27)65)9-10-34-61(5)14-13-35(62(6,23-68)33(61)12-15-64(34,63)8)93-59-53(95-56-48(80)43(75)38(70)26(4)88-56)41(73)32(22-86-59)92-57-49(81)44(76)39(71)29(19-66)89-57/h25-59,66-83H,1,9-23H2,2-8H3/t25-,26-,27-,28+,29+,30+,31+,32-,33+,34+,35-,36+,37-,38-,39+,40+,41-,42+,43+,44-,45-,46+,47+,48+,49+,50+,51+,52-,53+,54+,55-,56+,57+,58-,59-,61-,62-,63+,64+,65-/m0/s1. The fraction of sp³-hybridized carbons (Fsp3) is 0.954. The summed E-state index contributed by atoms with van der Waals surface area (Å²) in [7, 11) is 0. The van der Waals surface area contributed by atoms with Crippen LogP contribution in [-0.2, 0) is 61.6 Å². The first-order chi connectivity index (χ1) is 45.2. The fourth-order valence-electron chi connectivity index (χ4n) is 19.9. The van der Waals surface area contributed by atoms with Crippen LogP contribution < -0.4 is 0 Å². The molecule has 31 nitrogen and oxygen atoms in total. The third kappa shape index (κ3) is 12.6. The summed E-state index contributed by atoms with van der Waals surface area (Å²) >= 11 is 0. The molecule has 6 aliphatic heterocycles. The van der Waals surface area contributed by atoms with Crippen molar-refractivity contribution in [2.75, 3.05) is 33.0 Å². The zero-order valence-electron chi connectivity index (χ0n) is 55.4. The highest BCUT2D eigenvalue weighted by atomic mass is 16.8. The lowest BCUT2D eigenvalue weighted by molar-refractivity contribution is -0.382. The molecule has 0 aromatic rings. The summed E-state index contributed by atoms with van der Waals surface area (Å²) in [6.45, 7) is 15.3. The van der Waals surface area contributed by atoms with Crippen molar-refractivity contribution in [3.63, 3.8) is 0 Å². The SMILES string of the molecule is C=C(C)[C@@H]1CC[C@]2(C(=O)O[C@@H]3O[C@H](CO[C@@H]4O[C@H](CO)[C@H](O[C@@H]5O[C@@H](C)[C@H](O)[C@@H](O)[C@H]5O)[C@H](O)[C@H]4O)[C@@H](O)[C@H](O)[C@H]3O)CC[C@]3(C)[C@H](CC[C@@H]4[C@@]5(C)CC[C@H](O[C@@H]6OC[C@H](O[C@H]7O[C@H](CO)[C@@H](O)[C@H](O)[C@H]7O)[C@H](O)[C@H]6O[C@H]6O[C@@H](C)[C@H](O)[C@@H](O)[C@H]6O)[C@@](C)(CO)[C@@H]5CC[C@]43C)[C@@H]12. The molecule has 0 aromatic carbocycles. The number of esters is 1. The molecule has 0 unspecified atom stereocenters. The van der Waals surface area contributed by atoms with Gasteiger partial charge in [0, 0.05) is 5.41 Å². The minimum absolute atomic E-state index is 0.0354. The molecule has 0 amide bonds. The molecule has 0 spiro atoms. The van der Waals surface area contributed by atoms with Gasteiger partial charge in [-0.05, 0) is 131 Å². The number of rotatable bonds is 17. The zero-order valence-corrected chi connectivity index (χ0v) is 55.4. The van der Waals surface area contributed by atoms with Crippen molar-refractivity contribution in [2.24, 2.45) is 56.7 Å². The van der Waals surface area contributed by atoms with Crippen LogP contribution in [0.25, 0.3) is 0 Å². The first kappa shape index (κ1) is 75.2. The van der Waals surface area contributed by atoms with Crippen LogP contribution >= 0.6 is 0 Å². The Morgan fingerprint density at radius 1 is 0.479 bits per heavy atom. The molecule has 5 aliphatic carbocycles. The van der Waals surface area contributed by atoms with Crippen LogP contribution in [0.5, 0.6) is 0 Å². The lowest BCUT2D eigenvalue weighted by Crippen LogP contribution is -2.68. The molecule has 552 valence electrons. The third-order valence-electron chi connectivity index (χ3n) is 25.8. The van der Waals surface area contributed by atoms with Gasteiger partial charge in [-0.25, -0.2) is 0 Å². The van der Waals surface area contributed by atoms with Gasteiger partial charge >= 0.3 is 5.97 Å². The quantitative estimate of drug-likeness (QED) is 0.0369. The minimum Gasteiger partial charge on any atom is -0.432 e. The van der Waals surface area contributed by atoms with Crippen molar-refractivity contribution in [1.82, 2.24) is 0 Å². The lowest BCUT2D eigenvalue weighted by Gasteiger charge is -2.73. The number of hydrogen-bond donors (Lipinski definition) is 18. The Morgan fingerprint density at radius 2 is 1.02 bits per heavy atom. The summed E-state index contributed by atoms with van der Waals surface area (Å²) < 4.78 is 71.8. The highest BCUT2D eigenvalue weighted by Crippen LogP contribution is 2.78. The molecule has 5 saturated carbocycles. The Kier molecular flexibility index (Phi) is 22.4. The van der Waals surface area contributed by atoms with E-state index in [-0.39, 0.29) is 47.0 Å². The number of carbonyl (C=O) groups excluding carboxylic acids is 1. The van der Waals surface area contributed by atoms with E-state index in [1.807, 2.05) is 13.8 Å². The molecule has 11 aliphatic rings. The van der Waals surface area contributed by atoms with Gasteiger partial charge in [-0.1, -0.05) is 39.8 Å². The molecule has 6 heterocycles. The van der Waals surface area contributed by atoms with E-state index in [4.69, 9.17) is 56.8 Å². The number of carbonyl (C=O) groups is 1. The second-order valence-electron chi connectivity index (χ2n) is 30.8. The first-order valence-corrected chi connectivity index (χ1v) is 34.2. The van der Waals surface area contributed by atoms with Gasteiger partial charge in [-0.3, -0.25) is 4.79 Å². The van der Waals surface area contributed by atoms with E-state index >= 15 is 4.79 Å². The van der Waals surface area contributed by atoms with E-state index in [2.05, 4.69) is 27.4 Å². The van der Waals surface area contributed by atoms with Gasteiger partial charge in [0.2, 0.25) is 6.29 Å². The molecule has 18 N–H and O–H groups in total. The molecule has 96 heavy (non-hydrogen) atoms. The molecule has 0 aromatic heterocycles. The summed E-state index contributed by atoms with van der Waals surface area (Å²) in [5.74, 6) is -1.10. The number of ether oxygens (including phenoxy) is 12. The van der Waals surface area contributed by atoms with Crippen LogP contribution in [0.1, 0.15) is 113 Å². The van der Waals surface area contributed by atoms with Crippen LogP contribution in [0.3, 0.4) is 0 Å². The van der Waals surface area contributed by atoms with Crippen LogP contribution in [0.15, 0.2) is 12.2 Å². The minimum atomic E-state index is -1.93. The molecular weight excluding hydrogens is 1280 g/mol. The fourth-order valence-corrected chi connectivity index (χ4v) is 19.9. The average molecular weight is 1380 g/mol. The predicted octanol–water partition coefficient (Wildman–Crippen LogP) is -4.86. The molecule has 0 bridgehead atoms. The summed E-state index contributed by atoms with van der Waals surface area (Å²) in [5, 5.41) is 196. The highest BCUT2D eigenvalue weighted by molar-refractivity contribution is 5.78. The van der Waals surface area contributed by atoms with E-state index in [9.17, 15) is 91.9 Å². The highest BCUT2D eigenvalue weighted by Gasteiger charge is 2.73. The summed E-state index contributed by atoms with van der Waals surface area (Å²) in [4.78, 5) is 15.3. The van der Waals surface area contributed by atoms with E-state index in [0.717, 1.165) is 24.8 Å². The van der Waals surface area contributed by atoms with Crippen molar-refractivity contribution in [3.8, 4) is 0 Å². The van der Waals surface area contributed by atoms with E-state index in [0.29, 0.717) is 44.9 Å². The average Bonchev–Trinajstić information content (AvgIpc) is 1.14. The van der Waals surface area contributed by atoms with Gasteiger partial charge < -0.3 is 149 Å². The van der Waals surface area contributed by atoms with Crippen molar-refractivity contribution < 1.29 is 154 Å². The normalized spacial score (nSPS) is 56.0. The molecule has 11 fully saturated rings. The Hall–Kier alpha value is -1.95. The predicted molar refractivity (Wildman–Crippen MR) is 321 cm³/mol. The maximum atomic E-state index is 15.3. The Morgan fingerprint density at radius 3 is 1.61 bits per heavy atom. The number of hydrogen-bond acceptors (Lipinski definition) is 31. The van der Waals surface area contributed by atoms with Gasteiger partial charge in [0.05, 0.1) is 56.8 Å². The summed E-state index contributed by atoms with van der Waals surface area (Å²) in [6, 6.07) is 0. The van der Waals surface area contributed by atoms with E-state index < -0.39 is 233 Å². The number of aliphatic hydroxyl groups excluding tert-OH is 18. The largest absolute Gasteiger partial charge is 0.432 e. The van der Waals surface area contributed by atoms with E-state index in [1.165, 1.54) is 13.8 Å². The van der Waals surface area contributed by atoms with E-state index in [1.54, 1.807) is 0 Å². The topological polar surface area (TPSA) is 492 Å². The third-order valence-corrected chi connectivity index (χ3v) is 25.8. The van der Waals surface area contributed by atoms with Crippen LogP contribution in [0, 0.1) is 56.7 Å². The summed E-state index contributed by atoms with van der Waals surface area (Å²) in [5.41, 5.74) is -2.21. The van der Waals surface area contributed by atoms with Crippen LogP contribution in [0.4, 0.5) is 0 Å². The van der Waals surface area contributed by atoms with Crippen molar-refractivity contribution in [2.45, 2.75) is 297 Å². The number of aliphatic hydroxyl groups is 18. The monoisotopic (exact) mass is 1380 g/mol. The van der Waals surface area contributed by atoms with Gasteiger partial charge in [0.15, 0.2) is 31.5 Å². The summed E-state index contributed by atoms with van der Waals surface area (Å²) in [6.07, 6.45) is -42.1. The zero-order chi connectivity index (χ0) is 70.0. The maximum absolute atomic E-state index is 15.3. The molecule has 11 rings (SSSR count). The maximum Gasteiger partial charge on any atom is 0.314 e. The molecular formula is C65H106O31. The van der Waals surface area contributed by atoms with Gasteiger partial charge in [0.1, 0.15) is 128 Å². The van der Waals surface area contributed by atoms with Crippen molar-refractivity contribution >= 4 is 5.97 Å². The number of fused-ring (bicyclic) bond motifs is 7.